The first-order valence-corrected chi connectivity index (χ1v) is 6.56. The molecule has 3 heteroatoms. The second-order valence-electron chi connectivity index (χ2n) is 3.83. The Kier molecular flexibility index (Phi) is 4.31. The van der Waals surface area contributed by atoms with Gasteiger partial charge in [-0.25, -0.2) is 0 Å². The van der Waals surface area contributed by atoms with Crippen LogP contribution in [0.15, 0.2) is 36.9 Å². The summed E-state index contributed by atoms with van der Waals surface area (Å²) >= 11 is 1.76. The van der Waals surface area contributed by atoms with Crippen molar-refractivity contribution in [3.63, 3.8) is 0 Å². The Hall–Kier alpha value is -1.16. The summed E-state index contributed by atoms with van der Waals surface area (Å²) in [7, 11) is 0. The minimum absolute atomic E-state index is 0.583. The van der Waals surface area contributed by atoms with E-state index in [-0.39, 0.29) is 0 Å². The lowest BCUT2D eigenvalue weighted by atomic mass is 10.1. The molecule has 90 valence electrons. The number of hydrogen-bond acceptors (Lipinski definition) is 3. The Balaban J connectivity index is 2.21. The Labute approximate surface area is 106 Å². The fourth-order valence-corrected chi connectivity index (χ4v) is 2.90. The highest BCUT2D eigenvalue weighted by Crippen LogP contribution is 2.31. The van der Waals surface area contributed by atoms with Gasteiger partial charge >= 0.3 is 0 Å². The van der Waals surface area contributed by atoms with Gasteiger partial charge in [0.25, 0.3) is 0 Å². The molecule has 0 amide bonds. The van der Waals surface area contributed by atoms with Crippen LogP contribution in [0.5, 0.6) is 0 Å². The highest BCUT2D eigenvalue weighted by molar-refractivity contribution is 7.19. The summed E-state index contributed by atoms with van der Waals surface area (Å²) < 4.78 is 6.94. The summed E-state index contributed by atoms with van der Waals surface area (Å²) in [5.41, 5.74) is 7.03. The molecule has 0 unspecified atom stereocenters. The molecule has 0 aliphatic carbocycles. The number of benzene rings is 1. The standard InChI is InChI=1S/C14H17NOS/c1-2-3-8-16-10-12-11-6-4-5-7-13(11)17-14(12)9-15/h2,4-7H,1,3,8-10,15H2. The normalized spacial score (nSPS) is 10.9. The first-order chi connectivity index (χ1) is 8.36. The summed E-state index contributed by atoms with van der Waals surface area (Å²) in [5, 5.41) is 1.27. The molecular weight excluding hydrogens is 230 g/mol. The van der Waals surface area contributed by atoms with Crippen molar-refractivity contribution in [1.29, 1.82) is 0 Å². The molecule has 0 atom stereocenters. The van der Waals surface area contributed by atoms with Gasteiger partial charge in [0.05, 0.1) is 13.2 Å². The predicted molar refractivity (Wildman–Crippen MR) is 74.2 cm³/mol. The molecule has 1 aromatic heterocycles. The molecular formula is C14H17NOS. The van der Waals surface area contributed by atoms with Crippen molar-refractivity contribution >= 4 is 21.4 Å². The van der Waals surface area contributed by atoms with Crippen LogP contribution in [0.3, 0.4) is 0 Å². The Morgan fingerprint density at radius 3 is 2.94 bits per heavy atom. The van der Waals surface area contributed by atoms with Crippen LogP contribution in [-0.2, 0) is 17.9 Å². The average Bonchev–Trinajstić information content (AvgIpc) is 2.73. The van der Waals surface area contributed by atoms with E-state index in [2.05, 4.69) is 30.8 Å². The van der Waals surface area contributed by atoms with E-state index in [1.807, 2.05) is 6.08 Å². The van der Waals surface area contributed by atoms with Crippen LogP contribution in [0.25, 0.3) is 10.1 Å². The van der Waals surface area contributed by atoms with Gasteiger partial charge in [0.1, 0.15) is 0 Å². The van der Waals surface area contributed by atoms with Crippen molar-refractivity contribution < 1.29 is 4.74 Å². The van der Waals surface area contributed by atoms with E-state index < -0.39 is 0 Å². The minimum Gasteiger partial charge on any atom is -0.376 e. The molecule has 0 spiro atoms. The molecule has 0 saturated heterocycles. The average molecular weight is 247 g/mol. The molecule has 17 heavy (non-hydrogen) atoms. The van der Waals surface area contributed by atoms with E-state index in [1.54, 1.807) is 11.3 Å². The molecule has 0 bridgehead atoms. The number of ether oxygens (including phenoxy) is 1. The van der Waals surface area contributed by atoms with Gasteiger partial charge in [-0.3, -0.25) is 0 Å². The summed E-state index contributed by atoms with van der Waals surface area (Å²) in [6, 6.07) is 8.38. The van der Waals surface area contributed by atoms with E-state index in [0.717, 1.165) is 13.0 Å². The Bertz CT molecular complexity index is 504. The second kappa shape index (κ2) is 5.96. The van der Waals surface area contributed by atoms with Crippen molar-refractivity contribution in [1.82, 2.24) is 0 Å². The minimum atomic E-state index is 0.583. The third kappa shape index (κ3) is 2.75. The van der Waals surface area contributed by atoms with E-state index in [4.69, 9.17) is 10.5 Å². The van der Waals surface area contributed by atoms with E-state index in [1.165, 1.54) is 20.5 Å². The molecule has 1 heterocycles. The van der Waals surface area contributed by atoms with Crippen LogP contribution in [0.4, 0.5) is 0 Å². The molecule has 2 aromatic rings. The number of nitrogens with two attached hydrogens (primary N) is 1. The monoisotopic (exact) mass is 247 g/mol. The third-order valence-corrected chi connectivity index (χ3v) is 3.92. The molecule has 1 aromatic carbocycles. The van der Waals surface area contributed by atoms with Crippen molar-refractivity contribution in [3.05, 3.63) is 47.4 Å². The zero-order valence-electron chi connectivity index (χ0n) is 9.82. The van der Waals surface area contributed by atoms with Crippen molar-refractivity contribution in [2.45, 2.75) is 19.6 Å². The maximum Gasteiger partial charge on any atom is 0.0734 e. The molecule has 0 aliphatic rings. The van der Waals surface area contributed by atoms with Crippen LogP contribution < -0.4 is 5.73 Å². The smallest absolute Gasteiger partial charge is 0.0734 e. The number of fused-ring (bicyclic) bond motifs is 1. The molecule has 0 saturated carbocycles. The lowest BCUT2D eigenvalue weighted by Gasteiger charge is -2.04. The summed E-state index contributed by atoms with van der Waals surface area (Å²) in [4.78, 5) is 1.23. The number of rotatable bonds is 6. The van der Waals surface area contributed by atoms with Gasteiger partial charge in [0, 0.05) is 21.7 Å². The second-order valence-corrected chi connectivity index (χ2v) is 4.97. The largest absolute Gasteiger partial charge is 0.376 e. The SMILES string of the molecule is C=CCCOCc1c(CN)sc2ccccc12. The maximum atomic E-state index is 5.78. The lowest BCUT2D eigenvalue weighted by molar-refractivity contribution is 0.126. The maximum absolute atomic E-state index is 5.78. The van der Waals surface area contributed by atoms with Crippen LogP contribution in [0.1, 0.15) is 16.9 Å². The first-order valence-electron chi connectivity index (χ1n) is 5.74. The number of hydrogen-bond donors (Lipinski definition) is 1. The zero-order chi connectivity index (χ0) is 12.1. The van der Waals surface area contributed by atoms with Gasteiger partial charge in [-0.05, 0) is 17.9 Å². The van der Waals surface area contributed by atoms with Crippen molar-refractivity contribution in [3.8, 4) is 0 Å². The molecule has 2 N–H and O–H groups in total. The van der Waals surface area contributed by atoms with Crippen molar-refractivity contribution in [2.24, 2.45) is 5.73 Å². The molecule has 0 radical (unpaired) electrons. The van der Waals surface area contributed by atoms with E-state index >= 15 is 0 Å². The number of thiophene rings is 1. The highest BCUT2D eigenvalue weighted by atomic mass is 32.1. The van der Waals surface area contributed by atoms with Crippen LogP contribution in [0, 0.1) is 0 Å². The fraction of sp³-hybridized carbons (Fsp3) is 0.286. The first kappa shape index (κ1) is 12.3. The Morgan fingerprint density at radius 1 is 1.35 bits per heavy atom. The van der Waals surface area contributed by atoms with E-state index in [0.29, 0.717) is 13.2 Å². The molecule has 0 fully saturated rings. The van der Waals surface area contributed by atoms with Gasteiger partial charge in [-0.2, -0.15) is 0 Å². The van der Waals surface area contributed by atoms with Gasteiger partial charge in [-0.1, -0.05) is 24.3 Å². The third-order valence-electron chi connectivity index (χ3n) is 2.68. The lowest BCUT2D eigenvalue weighted by Crippen LogP contribution is -2.00. The summed E-state index contributed by atoms with van der Waals surface area (Å²) in [6.45, 7) is 5.63. The highest BCUT2D eigenvalue weighted by Gasteiger charge is 2.10. The molecule has 2 nitrogen and oxygen atoms in total. The summed E-state index contributed by atoms with van der Waals surface area (Å²) in [6.07, 6.45) is 2.76. The van der Waals surface area contributed by atoms with Gasteiger partial charge in [-0.15, -0.1) is 17.9 Å². The Morgan fingerprint density at radius 2 is 2.18 bits per heavy atom. The van der Waals surface area contributed by atoms with Gasteiger partial charge < -0.3 is 10.5 Å². The van der Waals surface area contributed by atoms with Crippen molar-refractivity contribution in [2.75, 3.05) is 6.61 Å². The summed E-state index contributed by atoms with van der Waals surface area (Å²) in [5.74, 6) is 0. The van der Waals surface area contributed by atoms with Gasteiger partial charge in [0.2, 0.25) is 0 Å². The predicted octanol–water partition coefficient (Wildman–Crippen LogP) is 3.45. The fourth-order valence-electron chi connectivity index (χ4n) is 1.81. The molecule has 0 aliphatic heterocycles. The molecule has 2 rings (SSSR count). The quantitative estimate of drug-likeness (QED) is 0.627. The zero-order valence-corrected chi connectivity index (χ0v) is 10.6. The van der Waals surface area contributed by atoms with Crippen LogP contribution in [-0.4, -0.2) is 6.61 Å². The topological polar surface area (TPSA) is 35.2 Å². The van der Waals surface area contributed by atoms with Crippen LogP contribution in [0.2, 0.25) is 0 Å². The van der Waals surface area contributed by atoms with Gasteiger partial charge in [0.15, 0.2) is 0 Å². The van der Waals surface area contributed by atoms with Crippen LogP contribution >= 0.6 is 11.3 Å². The van der Waals surface area contributed by atoms with E-state index in [9.17, 15) is 0 Å².